The summed E-state index contributed by atoms with van der Waals surface area (Å²) in [5.74, 6) is -0.940. The fourth-order valence-corrected chi connectivity index (χ4v) is 4.85. The molecule has 4 aromatic carbocycles. The molecule has 0 bridgehead atoms. The van der Waals surface area contributed by atoms with Crippen molar-refractivity contribution in [1.82, 2.24) is 5.32 Å². The van der Waals surface area contributed by atoms with Gasteiger partial charge in [0.1, 0.15) is 0 Å². The van der Waals surface area contributed by atoms with Crippen LogP contribution >= 0.6 is 0 Å². The van der Waals surface area contributed by atoms with E-state index < -0.39 is 12.1 Å². The molecule has 4 rings (SSSR count). The van der Waals surface area contributed by atoms with E-state index in [1.54, 1.807) is 13.0 Å². The third-order valence-corrected chi connectivity index (χ3v) is 6.99. The average Bonchev–Trinajstić information content (AvgIpc) is 2.90. The van der Waals surface area contributed by atoms with Gasteiger partial charge in [-0.3, -0.25) is 0 Å². The number of β-amino-alcohol motifs (C(OH)–C–C–N with tert-alkyl or cyclic N) is 1. The first-order valence-electron chi connectivity index (χ1n) is 13.1. The van der Waals surface area contributed by atoms with Crippen LogP contribution in [0.4, 0.5) is 0 Å². The molecule has 5 nitrogen and oxygen atoms in total. The number of benzene rings is 4. The zero-order valence-electron chi connectivity index (χ0n) is 22.6. The van der Waals surface area contributed by atoms with Crippen molar-refractivity contribution in [3.8, 4) is 11.1 Å². The number of fused-ring (bicyclic) bond motifs is 1. The van der Waals surface area contributed by atoms with Gasteiger partial charge in [-0.25, -0.2) is 4.79 Å². The Labute approximate surface area is 225 Å². The number of carbonyl (C=O) groups is 1. The minimum Gasteiger partial charge on any atom is -0.478 e. The number of nitrogens with one attached hydrogen (secondary N) is 1. The molecular formula is C33H37NO4. The Morgan fingerprint density at radius 1 is 0.947 bits per heavy atom. The summed E-state index contributed by atoms with van der Waals surface area (Å²) in [4.78, 5) is 11.6. The highest BCUT2D eigenvalue weighted by Crippen LogP contribution is 2.31. The van der Waals surface area contributed by atoms with Gasteiger partial charge in [0.25, 0.3) is 0 Å². The molecular weight excluding hydrogens is 474 g/mol. The van der Waals surface area contributed by atoms with Crippen molar-refractivity contribution in [3.63, 3.8) is 0 Å². The van der Waals surface area contributed by atoms with Crippen molar-refractivity contribution in [2.75, 3.05) is 13.2 Å². The number of carboxylic acids is 1. The number of hydrogen-bond donors (Lipinski definition) is 3. The minimum absolute atomic E-state index is 0.183. The van der Waals surface area contributed by atoms with Crippen LogP contribution in [0.1, 0.15) is 53.9 Å². The molecule has 198 valence electrons. The summed E-state index contributed by atoms with van der Waals surface area (Å²) in [6.45, 7) is 8.62. The molecule has 0 saturated heterocycles. The Kier molecular flexibility index (Phi) is 8.62. The molecule has 0 amide bonds. The number of ether oxygens (including phenoxy) is 1. The fourth-order valence-electron chi connectivity index (χ4n) is 4.85. The van der Waals surface area contributed by atoms with Crippen LogP contribution < -0.4 is 5.32 Å². The van der Waals surface area contributed by atoms with E-state index in [9.17, 15) is 15.0 Å². The van der Waals surface area contributed by atoms with Gasteiger partial charge in [0.15, 0.2) is 0 Å². The summed E-state index contributed by atoms with van der Waals surface area (Å²) in [6, 6.07) is 28.2. The maximum absolute atomic E-state index is 11.6. The zero-order valence-corrected chi connectivity index (χ0v) is 22.6. The molecule has 0 fully saturated rings. The molecule has 38 heavy (non-hydrogen) atoms. The third-order valence-electron chi connectivity index (χ3n) is 6.99. The summed E-state index contributed by atoms with van der Waals surface area (Å²) < 4.78 is 6.08. The van der Waals surface area contributed by atoms with E-state index in [1.165, 1.54) is 16.3 Å². The van der Waals surface area contributed by atoms with Crippen LogP contribution in [0, 0.1) is 6.92 Å². The first-order valence-corrected chi connectivity index (χ1v) is 13.1. The van der Waals surface area contributed by atoms with Crippen LogP contribution in [-0.4, -0.2) is 41.0 Å². The number of carboxylic acid groups (broad SMARTS) is 1. The molecule has 5 heteroatoms. The lowest BCUT2D eigenvalue weighted by molar-refractivity contribution is -0.00397. The third kappa shape index (κ3) is 6.87. The lowest BCUT2D eigenvalue weighted by Crippen LogP contribution is -2.46. The monoisotopic (exact) mass is 511 g/mol. The molecule has 0 aliphatic carbocycles. The standard InChI is InChI=1S/C33H37NO4/c1-22-13-15-27(18-31(22)32(36)37)30-12-8-7-11-29(30)23(2)38-21-28(35)20-34-33(3,4)19-24-14-16-25-9-5-6-10-26(25)17-24/h5-18,23,28,34-35H,19-21H2,1-4H3,(H,36,37)/t23-,28-/m1/s1. The van der Waals surface area contributed by atoms with E-state index in [0.717, 1.165) is 28.7 Å². The number of aryl methyl sites for hydroxylation is 1. The Morgan fingerprint density at radius 2 is 1.66 bits per heavy atom. The highest BCUT2D eigenvalue weighted by Gasteiger charge is 2.21. The predicted molar refractivity (Wildman–Crippen MR) is 154 cm³/mol. The van der Waals surface area contributed by atoms with Gasteiger partial charge in [-0.1, -0.05) is 78.9 Å². The molecule has 3 N–H and O–H groups in total. The van der Waals surface area contributed by atoms with Gasteiger partial charge in [-0.15, -0.1) is 0 Å². The smallest absolute Gasteiger partial charge is 0.335 e. The maximum atomic E-state index is 11.6. The summed E-state index contributed by atoms with van der Waals surface area (Å²) in [5.41, 5.74) is 4.77. The lowest BCUT2D eigenvalue weighted by Gasteiger charge is -2.28. The van der Waals surface area contributed by atoms with E-state index in [0.29, 0.717) is 12.1 Å². The zero-order chi connectivity index (χ0) is 27.3. The second-order valence-corrected chi connectivity index (χ2v) is 10.7. The summed E-state index contributed by atoms with van der Waals surface area (Å²) >= 11 is 0. The first kappa shape index (κ1) is 27.5. The molecule has 0 heterocycles. The van der Waals surface area contributed by atoms with Crippen LogP contribution in [0.25, 0.3) is 21.9 Å². The van der Waals surface area contributed by atoms with Gasteiger partial charge in [-0.05, 0) is 78.8 Å². The number of aromatic carboxylic acids is 1. The van der Waals surface area contributed by atoms with Crippen molar-refractivity contribution in [3.05, 3.63) is 107 Å². The van der Waals surface area contributed by atoms with Crippen LogP contribution in [-0.2, 0) is 11.2 Å². The molecule has 0 aliphatic rings. The predicted octanol–water partition coefficient (Wildman–Crippen LogP) is 6.56. The van der Waals surface area contributed by atoms with Gasteiger partial charge in [-0.2, -0.15) is 0 Å². The number of rotatable bonds is 11. The highest BCUT2D eigenvalue weighted by atomic mass is 16.5. The average molecular weight is 512 g/mol. The Bertz CT molecular complexity index is 1410. The van der Waals surface area contributed by atoms with Gasteiger partial charge >= 0.3 is 5.97 Å². The Hall–Kier alpha value is -3.51. The van der Waals surface area contributed by atoms with Gasteiger partial charge in [0.05, 0.1) is 24.4 Å². The van der Waals surface area contributed by atoms with Crippen molar-refractivity contribution >= 4 is 16.7 Å². The summed E-state index contributed by atoms with van der Waals surface area (Å²) in [7, 11) is 0. The van der Waals surface area contributed by atoms with Gasteiger partial charge in [0.2, 0.25) is 0 Å². The fraction of sp³-hybridized carbons (Fsp3) is 0.303. The molecule has 0 aromatic heterocycles. The van der Waals surface area contributed by atoms with E-state index >= 15 is 0 Å². The van der Waals surface area contributed by atoms with E-state index in [4.69, 9.17) is 4.74 Å². The van der Waals surface area contributed by atoms with Crippen LogP contribution in [0.5, 0.6) is 0 Å². The highest BCUT2D eigenvalue weighted by molar-refractivity contribution is 5.91. The van der Waals surface area contributed by atoms with E-state index in [2.05, 4.69) is 55.6 Å². The molecule has 2 atom stereocenters. The Morgan fingerprint density at radius 3 is 2.42 bits per heavy atom. The van der Waals surface area contributed by atoms with E-state index in [-0.39, 0.29) is 18.2 Å². The van der Waals surface area contributed by atoms with Crippen LogP contribution in [0.15, 0.2) is 84.9 Å². The normalized spacial score (nSPS) is 13.4. The van der Waals surface area contributed by atoms with Crippen molar-refractivity contribution in [1.29, 1.82) is 0 Å². The lowest BCUT2D eigenvalue weighted by atomic mass is 9.93. The quantitative estimate of drug-likeness (QED) is 0.212. The topological polar surface area (TPSA) is 78.8 Å². The maximum Gasteiger partial charge on any atom is 0.335 e. The van der Waals surface area contributed by atoms with Crippen LogP contribution in [0.2, 0.25) is 0 Å². The molecule has 0 unspecified atom stereocenters. The summed E-state index contributed by atoms with van der Waals surface area (Å²) in [6.07, 6.45) is -0.108. The first-order chi connectivity index (χ1) is 18.1. The minimum atomic E-state index is -0.940. The number of aliphatic hydroxyl groups excluding tert-OH is 1. The SMILES string of the molecule is Cc1ccc(-c2ccccc2[C@@H](C)OC[C@H](O)CNC(C)(C)Cc2ccc3ccccc3c2)cc1C(=O)O. The summed E-state index contributed by atoms with van der Waals surface area (Å²) in [5, 5.41) is 26.2. The molecule has 0 radical (unpaired) electrons. The molecule has 0 saturated carbocycles. The number of aliphatic hydroxyl groups is 1. The van der Waals surface area contributed by atoms with Gasteiger partial charge < -0.3 is 20.3 Å². The second kappa shape index (κ2) is 11.9. The van der Waals surface area contributed by atoms with E-state index in [1.807, 2.05) is 49.4 Å². The second-order valence-electron chi connectivity index (χ2n) is 10.7. The molecule has 0 spiro atoms. The van der Waals surface area contributed by atoms with Crippen molar-refractivity contribution in [2.24, 2.45) is 0 Å². The van der Waals surface area contributed by atoms with Crippen molar-refractivity contribution < 1.29 is 19.7 Å². The number of hydrogen-bond acceptors (Lipinski definition) is 4. The molecule has 4 aromatic rings. The Balaban J connectivity index is 1.35. The van der Waals surface area contributed by atoms with Gasteiger partial charge in [0, 0.05) is 12.1 Å². The van der Waals surface area contributed by atoms with Crippen molar-refractivity contribution in [2.45, 2.75) is 51.9 Å². The molecule has 0 aliphatic heterocycles. The largest absolute Gasteiger partial charge is 0.478 e. The van der Waals surface area contributed by atoms with Crippen LogP contribution in [0.3, 0.4) is 0 Å².